The summed E-state index contributed by atoms with van der Waals surface area (Å²) in [6, 6.07) is 6.49. The van der Waals surface area contributed by atoms with E-state index in [1.807, 2.05) is 11.8 Å². The lowest BCUT2D eigenvalue weighted by molar-refractivity contribution is -0.144. The summed E-state index contributed by atoms with van der Waals surface area (Å²) in [5, 5.41) is 9.74. The molecule has 1 aromatic rings. The molecule has 23 heavy (non-hydrogen) atoms. The zero-order valence-corrected chi connectivity index (χ0v) is 13.7. The quantitative estimate of drug-likeness (QED) is 0.867. The first-order valence-electron chi connectivity index (χ1n) is 8.58. The van der Waals surface area contributed by atoms with Crippen molar-refractivity contribution in [1.82, 2.24) is 4.90 Å². The van der Waals surface area contributed by atoms with Gasteiger partial charge in [-0.1, -0.05) is 30.7 Å². The second-order valence-corrected chi connectivity index (χ2v) is 7.59. The van der Waals surface area contributed by atoms with E-state index in [2.05, 4.69) is 25.1 Å². The molecule has 1 spiro atoms. The number of nitrogens with zero attached hydrogens (tertiary/aromatic N) is 1. The molecule has 122 valence electrons. The number of carboxylic acid groups (broad SMARTS) is 1. The van der Waals surface area contributed by atoms with Gasteiger partial charge in [0, 0.05) is 18.9 Å². The van der Waals surface area contributed by atoms with Gasteiger partial charge in [-0.15, -0.1) is 0 Å². The average Bonchev–Trinajstić information content (AvgIpc) is 2.82. The summed E-state index contributed by atoms with van der Waals surface area (Å²) in [6.45, 7) is 4.88. The predicted molar refractivity (Wildman–Crippen MR) is 85.9 cm³/mol. The molecule has 4 heteroatoms. The van der Waals surface area contributed by atoms with Gasteiger partial charge < -0.3 is 10.0 Å². The van der Waals surface area contributed by atoms with Crippen molar-refractivity contribution < 1.29 is 14.7 Å². The number of carbonyl (C=O) groups excluding carboxylic acids is 1. The second-order valence-electron chi connectivity index (χ2n) is 7.59. The van der Waals surface area contributed by atoms with Gasteiger partial charge in [-0.05, 0) is 43.2 Å². The Bertz CT molecular complexity index is 698. The summed E-state index contributed by atoms with van der Waals surface area (Å²) in [7, 11) is 0. The minimum atomic E-state index is -0.744. The molecule has 0 bridgehead atoms. The normalized spacial score (nSPS) is 35.5. The standard InChI is InChI=1S/C19H23NO3/c1-11-5-6-14-13(8-11)4-3-7-20-16(21)9-15-17(18(22)23)12(2)10-19(14,15)20/h5-6,8,12,15,17H,3-4,7,9-10H2,1-2H3,(H,22,23)/t12-,15-,17+,19?/m0/s1. The summed E-state index contributed by atoms with van der Waals surface area (Å²) < 4.78 is 0. The Morgan fingerprint density at radius 1 is 1.39 bits per heavy atom. The third-order valence-corrected chi connectivity index (χ3v) is 6.31. The first-order chi connectivity index (χ1) is 10.9. The van der Waals surface area contributed by atoms with E-state index >= 15 is 0 Å². The van der Waals surface area contributed by atoms with E-state index in [-0.39, 0.29) is 23.3 Å². The minimum absolute atomic E-state index is 0.0953. The molecule has 1 aliphatic carbocycles. The zero-order valence-electron chi connectivity index (χ0n) is 13.7. The lowest BCUT2D eigenvalue weighted by Crippen LogP contribution is -2.45. The van der Waals surface area contributed by atoms with E-state index in [9.17, 15) is 14.7 Å². The molecular weight excluding hydrogens is 290 g/mol. The van der Waals surface area contributed by atoms with Crippen LogP contribution in [0, 0.1) is 24.7 Å². The van der Waals surface area contributed by atoms with Gasteiger partial charge in [-0.3, -0.25) is 9.59 Å². The highest BCUT2D eigenvalue weighted by Crippen LogP contribution is 2.60. The van der Waals surface area contributed by atoms with Crippen molar-refractivity contribution in [1.29, 1.82) is 0 Å². The lowest BCUT2D eigenvalue weighted by Gasteiger charge is -2.39. The molecule has 1 saturated carbocycles. The molecule has 2 fully saturated rings. The second kappa shape index (κ2) is 4.83. The Morgan fingerprint density at radius 2 is 2.17 bits per heavy atom. The van der Waals surface area contributed by atoms with Crippen LogP contribution in [-0.4, -0.2) is 28.4 Å². The Balaban J connectivity index is 1.94. The van der Waals surface area contributed by atoms with E-state index in [4.69, 9.17) is 0 Å². The SMILES string of the molecule is Cc1ccc2c(c1)CCCN1C(=O)C[C@H]3[C@H](C(=O)O)[C@@H](C)CC231. The Labute approximate surface area is 136 Å². The van der Waals surface area contributed by atoms with Crippen molar-refractivity contribution in [2.75, 3.05) is 6.54 Å². The average molecular weight is 313 g/mol. The van der Waals surface area contributed by atoms with E-state index < -0.39 is 11.9 Å². The highest BCUT2D eigenvalue weighted by Gasteiger charge is 2.64. The minimum Gasteiger partial charge on any atom is -0.481 e. The molecule has 1 saturated heterocycles. The first kappa shape index (κ1) is 14.7. The van der Waals surface area contributed by atoms with Crippen molar-refractivity contribution in [2.45, 2.75) is 45.1 Å². The molecule has 1 aromatic carbocycles. The number of carboxylic acids is 1. The molecule has 1 amide bonds. The highest BCUT2D eigenvalue weighted by molar-refractivity contribution is 5.84. The highest BCUT2D eigenvalue weighted by atomic mass is 16.4. The van der Waals surface area contributed by atoms with Crippen LogP contribution in [0.15, 0.2) is 18.2 Å². The maximum Gasteiger partial charge on any atom is 0.307 e. The van der Waals surface area contributed by atoms with Gasteiger partial charge in [0.2, 0.25) is 5.91 Å². The molecule has 3 aliphatic rings. The van der Waals surface area contributed by atoms with Crippen molar-refractivity contribution in [3.63, 3.8) is 0 Å². The first-order valence-corrected chi connectivity index (χ1v) is 8.58. The number of carbonyl (C=O) groups is 2. The van der Waals surface area contributed by atoms with Crippen LogP contribution >= 0.6 is 0 Å². The Hall–Kier alpha value is -1.84. The predicted octanol–water partition coefficient (Wildman–Crippen LogP) is 2.73. The molecule has 4 nitrogen and oxygen atoms in total. The van der Waals surface area contributed by atoms with Crippen LogP contribution in [0.2, 0.25) is 0 Å². The van der Waals surface area contributed by atoms with Gasteiger partial charge in [-0.2, -0.15) is 0 Å². The van der Waals surface area contributed by atoms with E-state index in [1.54, 1.807) is 0 Å². The van der Waals surface area contributed by atoms with Crippen LogP contribution in [0.3, 0.4) is 0 Å². The summed E-state index contributed by atoms with van der Waals surface area (Å²) in [5.74, 6) is -1.02. The fraction of sp³-hybridized carbons (Fsp3) is 0.579. The van der Waals surface area contributed by atoms with Crippen LogP contribution in [0.1, 0.15) is 42.9 Å². The smallest absolute Gasteiger partial charge is 0.307 e. The summed E-state index contributed by atoms with van der Waals surface area (Å²) >= 11 is 0. The molecule has 1 unspecified atom stereocenters. The van der Waals surface area contributed by atoms with Gasteiger partial charge in [0.1, 0.15) is 0 Å². The van der Waals surface area contributed by atoms with Gasteiger partial charge in [-0.25, -0.2) is 0 Å². The number of aryl methyl sites for hydroxylation is 2. The number of amides is 1. The molecule has 2 aliphatic heterocycles. The van der Waals surface area contributed by atoms with Crippen molar-refractivity contribution in [3.05, 3.63) is 34.9 Å². The van der Waals surface area contributed by atoms with Crippen molar-refractivity contribution in [2.24, 2.45) is 17.8 Å². The van der Waals surface area contributed by atoms with Gasteiger partial charge >= 0.3 is 5.97 Å². The van der Waals surface area contributed by atoms with E-state index in [0.717, 1.165) is 25.8 Å². The van der Waals surface area contributed by atoms with Crippen LogP contribution < -0.4 is 0 Å². The van der Waals surface area contributed by atoms with Gasteiger partial charge in [0.15, 0.2) is 0 Å². The summed E-state index contributed by atoms with van der Waals surface area (Å²) in [6.07, 6.45) is 3.09. The topological polar surface area (TPSA) is 57.6 Å². The molecule has 4 rings (SSSR count). The number of hydrogen-bond donors (Lipinski definition) is 1. The van der Waals surface area contributed by atoms with Crippen LogP contribution in [0.4, 0.5) is 0 Å². The van der Waals surface area contributed by atoms with Gasteiger partial charge in [0.05, 0.1) is 11.5 Å². The molecule has 1 N–H and O–H groups in total. The maximum absolute atomic E-state index is 12.7. The van der Waals surface area contributed by atoms with Crippen LogP contribution in [-0.2, 0) is 21.5 Å². The fourth-order valence-corrected chi connectivity index (χ4v) is 5.56. The van der Waals surface area contributed by atoms with Crippen LogP contribution in [0.25, 0.3) is 0 Å². The maximum atomic E-state index is 12.7. The number of fused-ring (bicyclic) bond motifs is 1. The number of hydrogen-bond acceptors (Lipinski definition) is 2. The Morgan fingerprint density at radius 3 is 2.91 bits per heavy atom. The van der Waals surface area contributed by atoms with Crippen molar-refractivity contribution in [3.8, 4) is 0 Å². The van der Waals surface area contributed by atoms with E-state index in [0.29, 0.717) is 6.42 Å². The summed E-state index contributed by atoms with van der Waals surface area (Å²) in [4.78, 5) is 26.5. The number of rotatable bonds is 1. The lowest BCUT2D eigenvalue weighted by atomic mass is 9.76. The molecule has 4 atom stereocenters. The monoisotopic (exact) mass is 313 g/mol. The van der Waals surface area contributed by atoms with Crippen molar-refractivity contribution >= 4 is 11.9 Å². The zero-order chi connectivity index (χ0) is 16.4. The molecule has 0 radical (unpaired) electrons. The largest absolute Gasteiger partial charge is 0.481 e. The third kappa shape index (κ3) is 1.84. The molecular formula is C19H23NO3. The molecule has 0 aromatic heterocycles. The number of aliphatic carboxylic acids is 1. The fourth-order valence-electron chi connectivity index (χ4n) is 5.56. The number of benzene rings is 1. The third-order valence-electron chi connectivity index (χ3n) is 6.31. The summed E-state index contributed by atoms with van der Waals surface area (Å²) in [5.41, 5.74) is 3.37. The van der Waals surface area contributed by atoms with E-state index in [1.165, 1.54) is 16.7 Å². The Kier molecular flexibility index (Phi) is 3.09. The van der Waals surface area contributed by atoms with Gasteiger partial charge in [0.25, 0.3) is 0 Å². The van der Waals surface area contributed by atoms with Crippen LogP contribution in [0.5, 0.6) is 0 Å². The molecule has 2 heterocycles.